The second-order valence-electron chi connectivity index (χ2n) is 9.60. The van der Waals surface area contributed by atoms with Gasteiger partial charge in [0.1, 0.15) is 18.2 Å². The van der Waals surface area contributed by atoms with Crippen LogP contribution in [0.25, 0.3) is 0 Å². The number of nitrogens with one attached hydrogen (secondary N) is 1. The number of carbonyl (C=O) groups is 3. The van der Waals surface area contributed by atoms with Gasteiger partial charge in [-0.05, 0) is 53.5 Å². The van der Waals surface area contributed by atoms with Gasteiger partial charge in [-0.2, -0.15) is 0 Å². The summed E-state index contributed by atoms with van der Waals surface area (Å²) in [6, 6.07) is 7.40. The third-order valence-corrected chi connectivity index (χ3v) is 4.38. The quantitative estimate of drug-likeness (QED) is 0.644. The summed E-state index contributed by atoms with van der Waals surface area (Å²) in [6.45, 7) is 10.9. The molecule has 0 saturated carbocycles. The molecule has 2 amide bonds. The molecule has 1 aromatic carbocycles. The number of hydrogen-bond donors (Lipinski definition) is 1. The zero-order valence-electron chi connectivity index (χ0n) is 19.7. The summed E-state index contributed by atoms with van der Waals surface area (Å²) in [5, 5.41) is 2.59. The van der Waals surface area contributed by atoms with E-state index in [1.165, 1.54) is 11.1 Å². The molecule has 1 N–H and O–H groups in total. The average molecular weight is 447 g/mol. The monoisotopic (exact) mass is 446 g/mol. The number of hydrogen-bond acceptors (Lipinski definition) is 6. The summed E-state index contributed by atoms with van der Waals surface area (Å²) in [6.07, 6.45) is 2.84. The summed E-state index contributed by atoms with van der Waals surface area (Å²) >= 11 is 0. The zero-order chi connectivity index (χ0) is 23.9. The number of alkyl carbamates (subject to hydrolysis) is 1. The van der Waals surface area contributed by atoms with E-state index >= 15 is 0 Å². The number of ether oxygens (including phenoxy) is 3. The molecule has 0 radical (unpaired) electrons. The Morgan fingerprint density at radius 3 is 2.34 bits per heavy atom. The first-order valence-corrected chi connectivity index (χ1v) is 10.7. The highest BCUT2D eigenvalue weighted by molar-refractivity contribution is 5.91. The Bertz CT molecular complexity index is 823. The lowest BCUT2D eigenvalue weighted by Gasteiger charge is -2.35. The van der Waals surface area contributed by atoms with Crippen molar-refractivity contribution < 1.29 is 28.6 Å². The standard InChI is InChI=1S/C24H34N2O6/c1-23(2,3)31-16-19(21(28)32-24(4,5)6)26-14-10-13-18(20(26)27)25-22(29)30-15-17-11-8-7-9-12-17/h7-12,14,18-19H,13,15-16H2,1-6H3,(H,25,29)/t18?,19-/m0/s1. The summed E-state index contributed by atoms with van der Waals surface area (Å²) < 4.78 is 16.5. The molecular weight excluding hydrogens is 412 g/mol. The minimum Gasteiger partial charge on any atom is -0.458 e. The van der Waals surface area contributed by atoms with Gasteiger partial charge in [-0.25, -0.2) is 9.59 Å². The van der Waals surface area contributed by atoms with Crippen molar-refractivity contribution in [3.05, 3.63) is 48.2 Å². The van der Waals surface area contributed by atoms with E-state index in [0.29, 0.717) is 0 Å². The lowest BCUT2D eigenvalue weighted by Crippen LogP contribution is -2.56. The van der Waals surface area contributed by atoms with Gasteiger partial charge in [-0.15, -0.1) is 0 Å². The highest BCUT2D eigenvalue weighted by Crippen LogP contribution is 2.19. The zero-order valence-corrected chi connectivity index (χ0v) is 19.7. The van der Waals surface area contributed by atoms with Crippen LogP contribution in [-0.4, -0.2) is 52.8 Å². The average Bonchev–Trinajstić information content (AvgIpc) is 2.68. The minimum absolute atomic E-state index is 0.0420. The van der Waals surface area contributed by atoms with Gasteiger partial charge < -0.3 is 24.4 Å². The van der Waals surface area contributed by atoms with Crippen LogP contribution in [0.15, 0.2) is 42.6 Å². The van der Waals surface area contributed by atoms with Crippen LogP contribution in [-0.2, 0) is 30.4 Å². The highest BCUT2D eigenvalue weighted by Gasteiger charge is 2.38. The van der Waals surface area contributed by atoms with Crippen LogP contribution < -0.4 is 5.32 Å². The van der Waals surface area contributed by atoms with Crippen molar-refractivity contribution in [2.75, 3.05) is 6.61 Å². The van der Waals surface area contributed by atoms with E-state index in [-0.39, 0.29) is 19.6 Å². The molecule has 1 aliphatic heterocycles. The first kappa shape index (κ1) is 25.4. The van der Waals surface area contributed by atoms with Crippen molar-refractivity contribution in [3.8, 4) is 0 Å². The fourth-order valence-corrected chi connectivity index (χ4v) is 2.91. The number of esters is 1. The normalized spacial score (nSPS) is 17.6. The Hall–Kier alpha value is -2.87. The van der Waals surface area contributed by atoms with Crippen LogP contribution >= 0.6 is 0 Å². The second kappa shape index (κ2) is 10.6. The van der Waals surface area contributed by atoms with Gasteiger partial charge in [0, 0.05) is 6.20 Å². The first-order valence-electron chi connectivity index (χ1n) is 10.7. The van der Waals surface area contributed by atoms with Crippen molar-refractivity contribution in [1.29, 1.82) is 0 Å². The van der Waals surface area contributed by atoms with Crippen molar-refractivity contribution in [2.45, 2.75) is 77.9 Å². The molecule has 0 fully saturated rings. The molecule has 8 nitrogen and oxygen atoms in total. The number of carbonyl (C=O) groups excluding carboxylic acids is 3. The number of amides is 2. The van der Waals surface area contributed by atoms with Gasteiger partial charge in [-0.3, -0.25) is 4.79 Å². The predicted molar refractivity (Wildman–Crippen MR) is 119 cm³/mol. The highest BCUT2D eigenvalue weighted by atomic mass is 16.6. The lowest BCUT2D eigenvalue weighted by atomic mass is 10.1. The van der Waals surface area contributed by atoms with Gasteiger partial charge in [-0.1, -0.05) is 36.4 Å². The second-order valence-corrected chi connectivity index (χ2v) is 9.60. The smallest absolute Gasteiger partial charge is 0.408 e. The fourth-order valence-electron chi connectivity index (χ4n) is 2.91. The maximum Gasteiger partial charge on any atom is 0.408 e. The van der Waals surface area contributed by atoms with Crippen LogP contribution in [0.5, 0.6) is 0 Å². The summed E-state index contributed by atoms with van der Waals surface area (Å²) in [4.78, 5) is 39.5. The molecule has 1 aliphatic rings. The van der Waals surface area contributed by atoms with Gasteiger partial charge in [0.25, 0.3) is 0 Å². The number of nitrogens with zero attached hydrogens (tertiary/aromatic N) is 1. The molecule has 0 aliphatic carbocycles. The van der Waals surface area contributed by atoms with Crippen LogP contribution in [0.3, 0.4) is 0 Å². The van der Waals surface area contributed by atoms with E-state index in [2.05, 4.69) is 5.32 Å². The van der Waals surface area contributed by atoms with Gasteiger partial charge in [0.2, 0.25) is 5.91 Å². The molecular formula is C24H34N2O6. The Morgan fingerprint density at radius 1 is 1.09 bits per heavy atom. The van der Waals surface area contributed by atoms with E-state index < -0.39 is 41.3 Å². The Morgan fingerprint density at radius 2 is 1.75 bits per heavy atom. The third kappa shape index (κ3) is 8.34. The van der Waals surface area contributed by atoms with Gasteiger partial charge >= 0.3 is 12.1 Å². The molecule has 8 heteroatoms. The molecule has 2 atom stereocenters. The van der Waals surface area contributed by atoms with Crippen molar-refractivity contribution in [3.63, 3.8) is 0 Å². The van der Waals surface area contributed by atoms with Crippen LogP contribution in [0, 0.1) is 0 Å². The van der Waals surface area contributed by atoms with Crippen LogP contribution in [0.4, 0.5) is 4.79 Å². The first-order chi connectivity index (χ1) is 14.9. The molecule has 1 unspecified atom stereocenters. The molecule has 176 valence electrons. The topological polar surface area (TPSA) is 94.2 Å². The van der Waals surface area contributed by atoms with E-state index in [9.17, 15) is 14.4 Å². The molecule has 1 heterocycles. The van der Waals surface area contributed by atoms with Crippen molar-refractivity contribution in [1.82, 2.24) is 10.2 Å². The molecule has 2 rings (SSSR count). The maximum absolute atomic E-state index is 13.1. The Kier molecular flexibility index (Phi) is 8.44. The molecule has 0 saturated heterocycles. The fraction of sp³-hybridized carbons (Fsp3) is 0.542. The minimum atomic E-state index is -0.984. The van der Waals surface area contributed by atoms with E-state index in [0.717, 1.165) is 5.56 Å². The summed E-state index contributed by atoms with van der Waals surface area (Å²) in [5.41, 5.74) is -0.399. The Labute approximate surface area is 189 Å². The van der Waals surface area contributed by atoms with Crippen LogP contribution in [0.1, 0.15) is 53.5 Å². The van der Waals surface area contributed by atoms with Crippen LogP contribution in [0.2, 0.25) is 0 Å². The number of benzene rings is 1. The number of rotatable bonds is 7. The molecule has 0 aromatic heterocycles. The maximum atomic E-state index is 13.1. The molecule has 32 heavy (non-hydrogen) atoms. The third-order valence-electron chi connectivity index (χ3n) is 4.38. The summed E-state index contributed by atoms with van der Waals surface area (Å²) in [7, 11) is 0. The lowest BCUT2D eigenvalue weighted by molar-refractivity contribution is -0.168. The van der Waals surface area contributed by atoms with E-state index in [1.807, 2.05) is 51.1 Å². The molecule has 0 spiro atoms. The van der Waals surface area contributed by atoms with E-state index in [1.54, 1.807) is 26.8 Å². The van der Waals surface area contributed by atoms with Crippen molar-refractivity contribution >= 4 is 18.0 Å². The van der Waals surface area contributed by atoms with Gasteiger partial charge in [0.05, 0.1) is 12.2 Å². The van der Waals surface area contributed by atoms with Gasteiger partial charge in [0.15, 0.2) is 6.04 Å². The Balaban J connectivity index is 2.07. The van der Waals surface area contributed by atoms with Crippen molar-refractivity contribution in [2.24, 2.45) is 0 Å². The predicted octanol–water partition coefficient (Wildman–Crippen LogP) is 3.55. The molecule has 0 bridgehead atoms. The SMILES string of the molecule is CC(C)(C)OC[C@@H](C(=O)OC(C)(C)C)N1C=CCC(NC(=O)OCc2ccccc2)C1=O. The largest absolute Gasteiger partial charge is 0.458 e. The van der Waals surface area contributed by atoms with E-state index in [4.69, 9.17) is 14.2 Å². The summed E-state index contributed by atoms with van der Waals surface area (Å²) in [5.74, 6) is -1.01. The molecule has 1 aromatic rings.